The third kappa shape index (κ3) is 3.37. The first-order chi connectivity index (χ1) is 9.36. The van der Waals surface area contributed by atoms with E-state index in [2.05, 4.69) is 71.8 Å². The summed E-state index contributed by atoms with van der Waals surface area (Å²) in [4.78, 5) is 9.10. The van der Waals surface area contributed by atoms with Crippen LogP contribution >= 0.6 is 15.9 Å². The zero-order valence-corrected chi connectivity index (χ0v) is 14.0. The second-order valence-corrected chi connectivity index (χ2v) is 6.46. The van der Waals surface area contributed by atoms with Gasteiger partial charge in [-0.1, -0.05) is 31.0 Å². The number of benzene rings is 1. The van der Waals surface area contributed by atoms with Gasteiger partial charge in [0, 0.05) is 5.56 Å². The average molecular weight is 334 g/mol. The van der Waals surface area contributed by atoms with Crippen molar-refractivity contribution >= 4 is 21.7 Å². The van der Waals surface area contributed by atoms with Crippen LogP contribution in [0, 0.1) is 19.8 Å². The standard InChI is InChI=1S/C16H20BrN3/c1-9(2)5-13-14(17)15(18)20-16(19-13)12-7-10(3)6-11(4)8-12/h6-9H,5H2,1-4H3,(H2,18,19,20). The fourth-order valence-corrected chi connectivity index (χ4v) is 2.61. The van der Waals surface area contributed by atoms with Gasteiger partial charge < -0.3 is 5.73 Å². The fraction of sp³-hybridized carbons (Fsp3) is 0.375. The van der Waals surface area contributed by atoms with Crippen LogP contribution in [0.1, 0.15) is 30.7 Å². The van der Waals surface area contributed by atoms with Crippen molar-refractivity contribution in [3.63, 3.8) is 0 Å². The fourth-order valence-electron chi connectivity index (χ4n) is 2.27. The predicted molar refractivity (Wildman–Crippen MR) is 87.6 cm³/mol. The smallest absolute Gasteiger partial charge is 0.161 e. The molecule has 0 amide bonds. The van der Waals surface area contributed by atoms with Crippen LogP contribution < -0.4 is 5.73 Å². The Morgan fingerprint density at radius 3 is 2.25 bits per heavy atom. The summed E-state index contributed by atoms with van der Waals surface area (Å²) in [5.41, 5.74) is 10.4. The number of halogens is 1. The number of nitrogens with zero attached hydrogens (tertiary/aromatic N) is 2. The number of hydrogen-bond donors (Lipinski definition) is 1. The van der Waals surface area contributed by atoms with Gasteiger partial charge in [0.05, 0.1) is 10.2 Å². The summed E-state index contributed by atoms with van der Waals surface area (Å²) in [6.07, 6.45) is 0.880. The lowest BCUT2D eigenvalue weighted by Crippen LogP contribution is -2.05. The molecule has 2 rings (SSSR count). The van der Waals surface area contributed by atoms with Crippen molar-refractivity contribution in [2.75, 3.05) is 5.73 Å². The molecule has 0 spiro atoms. The Morgan fingerprint density at radius 1 is 1.10 bits per heavy atom. The number of rotatable bonds is 3. The van der Waals surface area contributed by atoms with E-state index in [1.807, 2.05) is 0 Å². The number of anilines is 1. The molecular formula is C16H20BrN3. The Kier molecular flexibility index (Phi) is 4.43. The molecule has 1 heterocycles. The van der Waals surface area contributed by atoms with Crippen molar-refractivity contribution in [2.24, 2.45) is 5.92 Å². The van der Waals surface area contributed by atoms with Gasteiger partial charge in [-0.05, 0) is 54.2 Å². The summed E-state index contributed by atoms with van der Waals surface area (Å²) in [5.74, 6) is 1.73. The van der Waals surface area contributed by atoms with E-state index in [4.69, 9.17) is 5.73 Å². The molecule has 0 radical (unpaired) electrons. The number of nitrogens with two attached hydrogens (primary N) is 1. The van der Waals surface area contributed by atoms with E-state index in [0.717, 1.165) is 22.2 Å². The minimum Gasteiger partial charge on any atom is -0.383 e. The van der Waals surface area contributed by atoms with Crippen LogP contribution in [0.5, 0.6) is 0 Å². The van der Waals surface area contributed by atoms with Gasteiger partial charge in [-0.15, -0.1) is 0 Å². The highest BCUT2D eigenvalue weighted by atomic mass is 79.9. The van der Waals surface area contributed by atoms with E-state index in [1.54, 1.807) is 0 Å². The van der Waals surface area contributed by atoms with E-state index in [0.29, 0.717) is 17.6 Å². The Hall–Kier alpha value is -1.42. The van der Waals surface area contributed by atoms with Crippen molar-refractivity contribution in [2.45, 2.75) is 34.1 Å². The van der Waals surface area contributed by atoms with Crippen LogP contribution in [0.3, 0.4) is 0 Å². The topological polar surface area (TPSA) is 51.8 Å². The van der Waals surface area contributed by atoms with Gasteiger partial charge in [0.1, 0.15) is 5.82 Å². The van der Waals surface area contributed by atoms with Gasteiger partial charge in [-0.25, -0.2) is 9.97 Å². The van der Waals surface area contributed by atoms with Crippen LogP contribution in [0.2, 0.25) is 0 Å². The van der Waals surface area contributed by atoms with Crippen LogP contribution in [0.15, 0.2) is 22.7 Å². The number of hydrogen-bond acceptors (Lipinski definition) is 3. The molecule has 0 unspecified atom stereocenters. The zero-order chi connectivity index (χ0) is 14.9. The van der Waals surface area contributed by atoms with E-state index < -0.39 is 0 Å². The molecule has 1 aromatic heterocycles. The third-order valence-electron chi connectivity index (χ3n) is 3.03. The lowest BCUT2D eigenvalue weighted by molar-refractivity contribution is 0.633. The molecule has 2 N–H and O–H groups in total. The summed E-state index contributed by atoms with van der Waals surface area (Å²) in [6, 6.07) is 6.32. The van der Waals surface area contributed by atoms with Gasteiger partial charge in [-0.3, -0.25) is 0 Å². The van der Waals surface area contributed by atoms with Gasteiger partial charge >= 0.3 is 0 Å². The second-order valence-electron chi connectivity index (χ2n) is 5.67. The Bertz CT molecular complexity index is 616. The monoisotopic (exact) mass is 333 g/mol. The van der Waals surface area contributed by atoms with Crippen molar-refractivity contribution in [3.8, 4) is 11.4 Å². The molecule has 106 valence electrons. The van der Waals surface area contributed by atoms with E-state index >= 15 is 0 Å². The molecular weight excluding hydrogens is 314 g/mol. The summed E-state index contributed by atoms with van der Waals surface area (Å²) >= 11 is 3.49. The maximum atomic E-state index is 6.01. The normalized spacial score (nSPS) is 11.1. The SMILES string of the molecule is Cc1cc(C)cc(-c2nc(N)c(Br)c(CC(C)C)n2)c1. The number of aromatic nitrogens is 2. The molecule has 0 saturated carbocycles. The van der Waals surface area contributed by atoms with E-state index in [1.165, 1.54) is 11.1 Å². The van der Waals surface area contributed by atoms with Crippen LogP contribution in [-0.2, 0) is 6.42 Å². The third-order valence-corrected chi connectivity index (χ3v) is 3.89. The minimum atomic E-state index is 0.504. The highest BCUT2D eigenvalue weighted by Crippen LogP contribution is 2.27. The molecule has 0 bridgehead atoms. The number of nitrogen functional groups attached to an aromatic ring is 1. The zero-order valence-electron chi connectivity index (χ0n) is 12.4. The molecule has 0 saturated heterocycles. The maximum Gasteiger partial charge on any atom is 0.161 e. The first-order valence-electron chi connectivity index (χ1n) is 6.77. The second kappa shape index (κ2) is 5.92. The summed E-state index contributed by atoms with van der Waals surface area (Å²) < 4.78 is 0.819. The van der Waals surface area contributed by atoms with Crippen molar-refractivity contribution in [1.29, 1.82) is 0 Å². The Balaban J connectivity index is 2.54. The molecule has 4 heteroatoms. The number of aryl methyl sites for hydroxylation is 2. The molecule has 20 heavy (non-hydrogen) atoms. The highest BCUT2D eigenvalue weighted by molar-refractivity contribution is 9.10. The summed E-state index contributed by atoms with van der Waals surface area (Å²) in [5, 5.41) is 0. The van der Waals surface area contributed by atoms with Crippen LogP contribution in [-0.4, -0.2) is 9.97 Å². The van der Waals surface area contributed by atoms with Crippen LogP contribution in [0.4, 0.5) is 5.82 Å². The van der Waals surface area contributed by atoms with E-state index in [-0.39, 0.29) is 0 Å². The summed E-state index contributed by atoms with van der Waals surface area (Å²) in [7, 11) is 0. The molecule has 0 aliphatic rings. The summed E-state index contributed by atoms with van der Waals surface area (Å²) in [6.45, 7) is 8.49. The van der Waals surface area contributed by atoms with Crippen molar-refractivity contribution < 1.29 is 0 Å². The van der Waals surface area contributed by atoms with Gasteiger partial charge in [0.15, 0.2) is 5.82 Å². The van der Waals surface area contributed by atoms with Crippen molar-refractivity contribution in [1.82, 2.24) is 9.97 Å². The molecule has 0 fully saturated rings. The van der Waals surface area contributed by atoms with Crippen LogP contribution in [0.25, 0.3) is 11.4 Å². The Labute approximate surface area is 128 Å². The first-order valence-corrected chi connectivity index (χ1v) is 7.56. The predicted octanol–water partition coefficient (Wildman–Crippen LogP) is 4.30. The minimum absolute atomic E-state index is 0.504. The quantitative estimate of drug-likeness (QED) is 0.910. The largest absolute Gasteiger partial charge is 0.383 e. The average Bonchev–Trinajstić information content (AvgIpc) is 2.32. The Morgan fingerprint density at radius 2 is 1.70 bits per heavy atom. The van der Waals surface area contributed by atoms with Gasteiger partial charge in [0.2, 0.25) is 0 Å². The van der Waals surface area contributed by atoms with E-state index in [9.17, 15) is 0 Å². The molecule has 2 aromatic rings. The highest BCUT2D eigenvalue weighted by Gasteiger charge is 2.13. The maximum absolute atomic E-state index is 6.01. The molecule has 1 aromatic carbocycles. The van der Waals surface area contributed by atoms with Gasteiger partial charge in [-0.2, -0.15) is 0 Å². The lowest BCUT2D eigenvalue weighted by atomic mass is 10.1. The van der Waals surface area contributed by atoms with Crippen molar-refractivity contribution in [3.05, 3.63) is 39.5 Å². The molecule has 3 nitrogen and oxygen atoms in total. The first kappa shape index (κ1) is 15.0. The lowest BCUT2D eigenvalue weighted by Gasteiger charge is -2.11. The molecule has 0 aliphatic heterocycles. The molecule has 0 atom stereocenters. The van der Waals surface area contributed by atoms with Gasteiger partial charge in [0.25, 0.3) is 0 Å². The molecule has 0 aliphatic carbocycles.